The van der Waals surface area contributed by atoms with Crippen molar-refractivity contribution in [2.45, 2.75) is 46.2 Å². The molecule has 0 radical (unpaired) electrons. The molecule has 0 bridgehead atoms. The Hall–Kier alpha value is -1.14. The first-order valence-corrected chi connectivity index (χ1v) is 8.35. The van der Waals surface area contributed by atoms with E-state index < -0.39 is 0 Å². The molecular formula is C15H24BrN5. The van der Waals surface area contributed by atoms with Gasteiger partial charge in [0.15, 0.2) is 0 Å². The molecule has 0 saturated heterocycles. The summed E-state index contributed by atoms with van der Waals surface area (Å²) in [5.41, 5.74) is 3.60. The number of rotatable bonds is 7. The molecule has 0 aromatic carbocycles. The zero-order valence-electron chi connectivity index (χ0n) is 13.2. The number of nitrogens with one attached hydrogen (secondary N) is 1. The molecule has 1 N–H and O–H groups in total. The standard InChI is InChI=1S/C15H24BrN5/c1-5-12-15(16)14(21(7-3)19-12)8-13(17-6-2)11-9-18-20(4)10-11/h9-10,13,17H,5-8H2,1-4H3. The number of hydrogen-bond acceptors (Lipinski definition) is 3. The third-order valence-electron chi connectivity index (χ3n) is 3.67. The van der Waals surface area contributed by atoms with Gasteiger partial charge in [-0.1, -0.05) is 13.8 Å². The smallest absolute Gasteiger partial charge is 0.0766 e. The first-order chi connectivity index (χ1) is 10.1. The number of aryl methyl sites for hydroxylation is 3. The first kappa shape index (κ1) is 16.2. The van der Waals surface area contributed by atoms with E-state index in [-0.39, 0.29) is 6.04 Å². The topological polar surface area (TPSA) is 47.7 Å². The maximum absolute atomic E-state index is 4.68. The van der Waals surface area contributed by atoms with Crippen LogP contribution >= 0.6 is 15.9 Å². The van der Waals surface area contributed by atoms with Crippen molar-refractivity contribution in [3.8, 4) is 0 Å². The number of aromatic nitrogens is 4. The Balaban J connectivity index is 2.30. The fourth-order valence-electron chi connectivity index (χ4n) is 2.58. The van der Waals surface area contributed by atoms with E-state index in [1.54, 1.807) is 0 Å². The number of hydrogen-bond donors (Lipinski definition) is 1. The molecule has 0 aliphatic rings. The van der Waals surface area contributed by atoms with Crippen molar-refractivity contribution in [3.05, 3.63) is 33.8 Å². The van der Waals surface area contributed by atoms with Gasteiger partial charge in [-0.15, -0.1) is 0 Å². The van der Waals surface area contributed by atoms with Crippen LogP contribution < -0.4 is 5.32 Å². The van der Waals surface area contributed by atoms with Gasteiger partial charge in [-0.05, 0) is 35.8 Å². The molecule has 1 atom stereocenters. The van der Waals surface area contributed by atoms with Crippen molar-refractivity contribution < 1.29 is 0 Å². The highest BCUT2D eigenvalue weighted by molar-refractivity contribution is 9.10. The summed E-state index contributed by atoms with van der Waals surface area (Å²) in [4.78, 5) is 0. The molecule has 2 rings (SSSR count). The highest BCUT2D eigenvalue weighted by Gasteiger charge is 2.20. The summed E-state index contributed by atoms with van der Waals surface area (Å²) in [5, 5.41) is 12.5. The molecule has 2 heterocycles. The second-order valence-corrected chi connectivity index (χ2v) is 5.93. The molecule has 0 amide bonds. The van der Waals surface area contributed by atoms with Crippen molar-refractivity contribution in [2.75, 3.05) is 6.54 Å². The molecule has 0 aliphatic heterocycles. The molecule has 2 aromatic rings. The molecule has 1 unspecified atom stereocenters. The average Bonchev–Trinajstić information content (AvgIpc) is 3.03. The van der Waals surface area contributed by atoms with Gasteiger partial charge < -0.3 is 5.32 Å². The maximum Gasteiger partial charge on any atom is 0.0766 e. The van der Waals surface area contributed by atoms with Gasteiger partial charge in [0.2, 0.25) is 0 Å². The van der Waals surface area contributed by atoms with Crippen molar-refractivity contribution in [2.24, 2.45) is 7.05 Å². The van der Waals surface area contributed by atoms with Gasteiger partial charge in [0.05, 0.1) is 22.1 Å². The van der Waals surface area contributed by atoms with E-state index in [4.69, 9.17) is 0 Å². The quantitative estimate of drug-likeness (QED) is 0.832. The molecular weight excluding hydrogens is 330 g/mol. The van der Waals surface area contributed by atoms with Crippen LogP contribution in [0.1, 0.15) is 43.8 Å². The summed E-state index contributed by atoms with van der Waals surface area (Å²) in [5.74, 6) is 0. The molecule has 0 fully saturated rings. The van der Waals surface area contributed by atoms with Gasteiger partial charge in [-0.2, -0.15) is 10.2 Å². The van der Waals surface area contributed by atoms with Crippen molar-refractivity contribution >= 4 is 15.9 Å². The van der Waals surface area contributed by atoms with E-state index in [2.05, 4.69) is 63.1 Å². The van der Waals surface area contributed by atoms with Gasteiger partial charge in [0.1, 0.15) is 0 Å². The zero-order chi connectivity index (χ0) is 15.4. The molecule has 6 heteroatoms. The van der Waals surface area contributed by atoms with E-state index in [9.17, 15) is 0 Å². The lowest BCUT2D eigenvalue weighted by Crippen LogP contribution is -2.24. The molecule has 0 saturated carbocycles. The highest BCUT2D eigenvalue weighted by atomic mass is 79.9. The number of likely N-dealkylation sites (N-methyl/N-ethyl adjacent to an activating group) is 1. The Morgan fingerprint density at radius 3 is 2.62 bits per heavy atom. The molecule has 0 spiro atoms. The Morgan fingerprint density at radius 1 is 1.33 bits per heavy atom. The van der Waals surface area contributed by atoms with Crippen LogP contribution in [0.2, 0.25) is 0 Å². The van der Waals surface area contributed by atoms with Crippen LogP contribution in [0, 0.1) is 0 Å². The van der Waals surface area contributed by atoms with Crippen molar-refractivity contribution in [1.29, 1.82) is 0 Å². The fourth-order valence-corrected chi connectivity index (χ4v) is 3.31. The maximum atomic E-state index is 4.68. The SMILES string of the molecule is CCNC(Cc1c(Br)c(CC)nn1CC)c1cnn(C)c1. The normalized spacial score (nSPS) is 12.8. The molecule has 21 heavy (non-hydrogen) atoms. The summed E-state index contributed by atoms with van der Waals surface area (Å²) in [6.45, 7) is 8.22. The summed E-state index contributed by atoms with van der Waals surface area (Å²) < 4.78 is 5.10. The molecule has 0 aliphatic carbocycles. The third-order valence-corrected chi connectivity index (χ3v) is 4.58. The van der Waals surface area contributed by atoms with Crippen LogP contribution in [0.25, 0.3) is 0 Å². The Labute approximate surface area is 134 Å². The number of halogens is 1. The molecule has 2 aromatic heterocycles. The van der Waals surface area contributed by atoms with Crippen LogP contribution in [0.15, 0.2) is 16.9 Å². The second kappa shape index (κ2) is 7.22. The summed E-state index contributed by atoms with van der Waals surface area (Å²) in [7, 11) is 1.95. The Morgan fingerprint density at radius 2 is 2.10 bits per heavy atom. The predicted molar refractivity (Wildman–Crippen MR) is 88.3 cm³/mol. The molecule has 5 nitrogen and oxygen atoms in total. The van der Waals surface area contributed by atoms with Crippen LogP contribution in [0.4, 0.5) is 0 Å². The monoisotopic (exact) mass is 353 g/mol. The minimum absolute atomic E-state index is 0.256. The van der Waals surface area contributed by atoms with E-state index in [0.29, 0.717) is 0 Å². The minimum atomic E-state index is 0.256. The van der Waals surface area contributed by atoms with E-state index in [1.165, 1.54) is 11.3 Å². The molecule has 116 valence electrons. The average molecular weight is 354 g/mol. The van der Waals surface area contributed by atoms with Gasteiger partial charge in [-0.3, -0.25) is 9.36 Å². The summed E-state index contributed by atoms with van der Waals surface area (Å²) in [6.07, 6.45) is 5.86. The van der Waals surface area contributed by atoms with E-state index in [1.807, 2.05) is 17.9 Å². The van der Waals surface area contributed by atoms with Gasteiger partial charge >= 0.3 is 0 Å². The first-order valence-electron chi connectivity index (χ1n) is 7.56. The van der Waals surface area contributed by atoms with Gasteiger partial charge in [-0.25, -0.2) is 0 Å². The third kappa shape index (κ3) is 3.55. The van der Waals surface area contributed by atoms with E-state index >= 15 is 0 Å². The lowest BCUT2D eigenvalue weighted by molar-refractivity contribution is 0.514. The summed E-state index contributed by atoms with van der Waals surface area (Å²) in [6, 6.07) is 0.256. The highest BCUT2D eigenvalue weighted by Crippen LogP contribution is 2.27. The van der Waals surface area contributed by atoms with Crippen LogP contribution in [0.3, 0.4) is 0 Å². The van der Waals surface area contributed by atoms with Crippen molar-refractivity contribution in [1.82, 2.24) is 24.9 Å². The van der Waals surface area contributed by atoms with E-state index in [0.717, 1.165) is 36.1 Å². The Kier molecular flexibility index (Phi) is 5.58. The lowest BCUT2D eigenvalue weighted by atomic mass is 10.0. The van der Waals surface area contributed by atoms with Crippen LogP contribution in [0.5, 0.6) is 0 Å². The second-order valence-electron chi connectivity index (χ2n) is 5.14. The fraction of sp³-hybridized carbons (Fsp3) is 0.600. The predicted octanol–water partition coefficient (Wildman–Crippen LogP) is 2.85. The van der Waals surface area contributed by atoms with Crippen molar-refractivity contribution in [3.63, 3.8) is 0 Å². The van der Waals surface area contributed by atoms with Gasteiger partial charge in [0.25, 0.3) is 0 Å². The lowest BCUT2D eigenvalue weighted by Gasteiger charge is -2.17. The van der Waals surface area contributed by atoms with Crippen LogP contribution in [-0.2, 0) is 26.4 Å². The largest absolute Gasteiger partial charge is 0.310 e. The Bertz CT molecular complexity index is 587. The van der Waals surface area contributed by atoms with Crippen LogP contribution in [-0.4, -0.2) is 26.1 Å². The number of nitrogens with zero attached hydrogens (tertiary/aromatic N) is 4. The minimum Gasteiger partial charge on any atom is -0.310 e. The summed E-state index contributed by atoms with van der Waals surface area (Å²) >= 11 is 3.73. The van der Waals surface area contributed by atoms with Gasteiger partial charge in [0, 0.05) is 37.8 Å². The zero-order valence-corrected chi connectivity index (χ0v) is 14.8.